The molecule has 1 aromatic heterocycles. The van der Waals surface area contributed by atoms with Crippen LogP contribution in [0.15, 0.2) is 16.0 Å². The molecule has 9 nitrogen and oxygen atoms in total. The molecule has 6 atom stereocenters. The minimum absolute atomic E-state index is 0.0552. The van der Waals surface area contributed by atoms with Gasteiger partial charge in [-0.05, 0) is 47.0 Å². The molecule has 11 heteroatoms. The molecule has 3 heterocycles. The first-order valence-electron chi connectivity index (χ1n) is 11.1. The third kappa shape index (κ3) is 5.43. The summed E-state index contributed by atoms with van der Waals surface area (Å²) in [5.74, 6) is -0.455. The van der Waals surface area contributed by atoms with E-state index in [1.807, 2.05) is 6.92 Å². The maximum atomic E-state index is 12.5. The highest BCUT2D eigenvalue weighted by Crippen LogP contribution is 2.59. The maximum absolute atomic E-state index is 12.5. The molecule has 1 N–H and O–H groups in total. The van der Waals surface area contributed by atoms with Crippen LogP contribution in [0.4, 0.5) is 4.79 Å². The highest BCUT2D eigenvalue weighted by molar-refractivity contribution is 8.01. The Bertz CT molecular complexity index is 929. The molecular formula is C22H31N3O6S2. The van der Waals surface area contributed by atoms with Crippen molar-refractivity contribution >= 4 is 35.1 Å². The summed E-state index contributed by atoms with van der Waals surface area (Å²) in [6.07, 6.45) is 2.78. The van der Waals surface area contributed by atoms with Crippen LogP contribution in [0.25, 0.3) is 0 Å². The van der Waals surface area contributed by atoms with Crippen molar-refractivity contribution in [3.05, 3.63) is 16.7 Å². The molecule has 2 aliphatic heterocycles. The number of thioether (sulfide) groups is 1. The number of carbonyl (C=O) groups excluding carboxylic acids is 2. The molecule has 1 spiro atoms. The van der Waals surface area contributed by atoms with Crippen LogP contribution in [0.5, 0.6) is 0 Å². The van der Waals surface area contributed by atoms with E-state index in [1.54, 1.807) is 7.11 Å². The molecule has 182 valence electrons. The van der Waals surface area contributed by atoms with Crippen LogP contribution in [0, 0.1) is 12.8 Å². The summed E-state index contributed by atoms with van der Waals surface area (Å²) in [5.41, 5.74) is 0.547. The minimum Gasteiger partial charge on any atom is -0.443 e. The summed E-state index contributed by atoms with van der Waals surface area (Å²) in [4.78, 5) is 24.7. The average Bonchev–Trinajstić information content (AvgIpc) is 3.62. The zero-order valence-corrected chi connectivity index (χ0v) is 21.2. The van der Waals surface area contributed by atoms with E-state index in [2.05, 4.69) is 42.4 Å². The largest absolute Gasteiger partial charge is 0.443 e. The van der Waals surface area contributed by atoms with Crippen molar-refractivity contribution in [3.8, 4) is 0 Å². The Morgan fingerprint density at radius 3 is 2.73 bits per heavy atom. The highest BCUT2D eigenvalue weighted by atomic mass is 32.2. The molecule has 6 unspecified atom stereocenters. The third-order valence-corrected chi connectivity index (χ3v) is 8.54. The van der Waals surface area contributed by atoms with Gasteiger partial charge in [-0.25, -0.2) is 4.79 Å². The fraction of sp³-hybridized carbons (Fsp3) is 0.727. The summed E-state index contributed by atoms with van der Waals surface area (Å²) < 4.78 is 24.3. The van der Waals surface area contributed by atoms with E-state index in [0.717, 1.165) is 17.8 Å². The number of alkyl carbamates (subject to hydrolysis) is 1. The van der Waals surface area contributed by atoms with Gasteiger partial charge < -0.3 is 18.9 Å². The van der Waals surface area contributed by atoms with Gasteiger partial charge in [0.15, 0.2) is 4.34 Å². The second-order valence-electron chi connectivity index (χ2n) is 9.25. The van der Waals surface area contributed by atoms with Gasteiger partial charge in [0.25, 0.3) is 0 Å². The Balaban J connectivity index is 1.35. The summed E-state index contributed by atoms with van der Waals surface area (Å²) in [7, 11) is 1.62. The van der Waals surface area contributed by atoms with E-state index in [4.69, 9.17) is 18.9 Å². The third-order valence-electron chi connectivity index (χ3n) is 6.57. The quantitative estimate of drug-likeness (QED) is 0.328. The Labute approximate surface area is 202 Å². The van der Waals surface area contributed by atoms with Gasteiger partial charge in [-0.15, -0.1) is 10.2 Å². The Morgan fingerprint density at radius 2 is 2.12 bits per heavy atom. The highest BCUT2D eigenvalue weighted by Gasteiger charge is 2.72. The first-order valence-corrected chi connectivity index (χ1v) is 12.9. The molecule has 0 bridgehead atoms. The number of ether oxygens (including phenoxy) is 4. The molecule has 33 heavy (non-hydrogen) atoms. The van der Waals surface area contributed by atoms with Gasteiger partial charge in [-0.2, -0.15) is 0 Å². The van der Waals surface area contributed by atoms with E-state index < -0.39 is 23.7 Å². The van der Waals surface area contributed by atoms with Crippen molar-refractivity contribution in [2.75, 3.05) is 19.5 Å². The number of methoxy groups -OCH3 is 1. The van der Waals surface area contributed by atoms with Gasteiger partial charge in [-0.3, -0.25) is 10.1 Å². The van der Waals surface area contributed by atoms with Gasteiger partial charge in [0.1, 0.15) is 28.4 Å². The number of allylic oxidation sites excluding steroid dienone is 1. The molecule has 1 saturated carbocycles. The first-order chi connectivity index (χ1) is 15.7. The van der Waals surface area contributed by atoms with Crippen LogP contribution in [0.2, 0.25) is 0 Å². The van der Waals surface area contributed by atoms with Gasteiger partial charge in [-0.1, -0.05) is 34.7 Å². The monoisotopic (exact) mass is 497 g/mol. The van der Waals surface area contributed by atoms with Crippen molar-refractivity contribution in [1.29, 1.82) is 0 Å². The fourth-order valence-corrected chi connectivity index (χ4v) is 6.47. The number of nitrogens with one attached hydrogen (secondary N) is 1. The van der Waals surface area contributed by atoms with Crippen molar-refractivity contribution in [2.45, 2.75) is 80.8 Å². The molecular weight excluding hydrogens is 466 g/mol. The SMILES string of the molecule is COC1C(OC(=O)NC(=O)CSc2nnc(C)s2)CCC2(CO2)C1C1(C)OC1CC=C(C)C. The smallest absolute Gasteiger partial charge is 0.414 e. The van der Waals surface area contributed by atoms with E-state index in [-0.39, 0.29) is 29.5 Å². The Kier molecular flexibility index (Phi) is 7.16. The zero-order valence-electron chi connectivity index (χ0n) is 19.6. The minimum atomic E-state index is -0.768. The van der Waals surface area contributed by atoms with E-state index in [0.29, 0.717) is 17.4 Å². The number of hydrogen-bond donors (Lipinski definition) is 1. The molecule has 2 saturated heterocycles. The molecule has 2 amide bonds. The molecule has 0 radical (unpaired) electrons. The number of imide groups is 1. The summed E-state index contributed by atoms with van der Waals surface area (Å²) in [6, 6.07) is 0. The van der Waals surface area contributed by atoms with Crippen LogP contribution >= 0.6 is 23.1 Å². The predicted molar refractivity (Wildman–Crippen MR) is 123 cm³/mol. The molecule has 1 aliphatic carbocycles. The van der Waals surface area contributed by atoms with Gasteiger partial charge in [0, 0.05) is 7.11 Å². The lowest BCUT2D eigenvalue weighted by Gasteiger charge is -2.42. The predicted octanol–water partition coefficient (Wildman–Crippen LogP) is 3.27. The number of nitrogens with zero attached hydrogens (tertiary/aromatic N) is 2. The van der Waals surface area contributed by atoms with E-state index >= 15 is 0 Å². The number of carbonyl (C=O) groups is 2. The normalized spacial score (nSPS) is 34.6. The number of hydrogen-bond acceptors (Lipinski definition) is 10. The fourth-order valence-electron chi connectivity index (χ4n) is 4.85. The Hall–Kier alpha value is -1.53. The summed E-state index contributed by atoms with van der Waals surface area (Å²) in [6.45, 7) is 8.74. The van der Waals surface area contributed by atoms with Crippen LogP contribution < -0.4 is 5.32 Å². The topological polar surface area (TPSA) is 115 Å². The van der Waals surface area contributed by atoms with Crippen molar-refractivity contribution in [2.24, 2.45) is 5.92 Å². The molecule has 1 aromatic rings. The van der Waals surface area contributed by atoms with Crippen LogP contribution in [0.3, 0.4) is 0 Å². The molecule has 3 aliphatic rings. The standard InChI is InChI=1S/C22H31N3O6S2/c1-12(2)6-7-15-21(4,31-15)18-17(28-5)14(8-9-22(18)11-29-22)30-19(27)23-16(26)10-32-20-25-24-13(3)33-20/h6,14-15,17-18H,7-11H2,1-5H3,(H,23,26,27). The number of aromatic nitrogens is 2. The number of aryl methyl sites for hydroxylation is 1. The molecule has 4 rings (SSSR count). The molecule has 0 aromatic carbocycles. The van der Waals surface area contributed by atoms with E-state index in [1.165, 1.54) is 28.7 Å². The first kappa shape index (κ1) is 24.6. The van der Waals surface area contributed by atoms with Crippen molar-refractivity contribution in [3.63, 3.8) is 0 Å². The van der Waals surface area contributed by atoms with Crippen LogP contribution in [-0.2, 0) is 23.7 Å². The van der Waals surface area contributed by atoms with E-state index in [9.17, 15) is 9.59 Å². The lowest BCUT2D eigenvalue weighted by molar-refractivity contribution is -0.124. The van der Waals surface area contributed by atoms with Crippen molar-refractivity contribution in [1.82, 2.24) is 15.5 Å². The van der Waals surface area contributed by atoms with Crippen LogP contribution in [-0.4, -0.2) is 71.2 Å². The number of amides is 2. The molecule has 3 fully saturated rings. The second kappa shape index (κ2) is 9.61. The van der Waals surface area contributed by atoms with Gasteiger partial charge in [0.05, 0.1) is 24.4 Å². The summed E-state index contributed by atoms with van der Waals surface area (Å²) in [5, 5.41) is 11.0. The summed E-state index contributed by atoms with van der Waals surface area (Å²) >= 11 is 2.63. The lowest BCUT2D eigenvalue weighted by Crippen LogP contribution is -2.56. The van der Waals surface area contributed by atoms with Gasteiger partial charge >= 0.3 is 6.09 Å². The van der Waals surface area contributed by atoms with Crippen LogP contribution in [0.1, 0.15) is 45.0 Å². The number of epoxide rings is 2. The zero-order chi connectivity index (χ0) is 23.8. The average molecular weight is 498 g/mol. The Morgan fingerprint density at radius 1 is 1.36 bits per heavy atom. The van der Waals surface area contributed by atoms with Gasteiger partial charge in [0.2, 0.25) is 5.91 Å². The lowest BCUT2D eigenvalue weighted by atomic mass is 9.68. The number of rotatable bonds is 8. The maximum Gasteiger partial charge on any atom is 0.414 e. The van der Waals surface area contributed by atoms with Crippen molar-refractivity contribution < 1.29 is 28.5 Å². The second-order valence-corrected chi connectivity index (χ2v) is 11.6.